The van der Waals surface area contributed by atoms with Crippen molar-refractivity contribution in [2.45, 2.75) is 6.42 Å². The van der Waals surface area contributed by atoms with Gasteiger partial charge in [-0.05, 0) is 17.5 Å². The van der Waals surface area contributed by atoms with E-state index >= 15 is 0 Å². The largest absolute Gasteiger partial charge is 0.368 e. The van der Waals surface area contributed by atoms with Gasteiger partial charge in [-0.2, -0.15) is 0 Å². The summed E-state index contributed by atoms with van der Waals surface area (Å²) in [6.45, 7) is 0. The van der Waals surface area contributed by atoms with Gasteiger partial charge < -0.3 is 5.73 Å². The maximum absolute atomic E-state index is 5.47. The molecule has 0 bridgehead atoms. The van der Waals surface area contributed by atoms with Gasteiger partial charge in [-0.15, -0.1) is 11.3 Å². The Bertz CT molecular complexity index is 384. The molecule has 66 valence electrons. The summed E-state index contributed by atoms with van der Waals surface area (Å²) in [4.78, 5) is 9.25. The molecule has 0 unspecified atom stereocenters. The molecule has 0 aliphatic heterocycles. The highest BCUT2D eigenvalue weighted by atomic mass is 32.1. The van der Waals surface area contributed by atoms with Gasteiger partial charge in [-0.1, -0.05) is 6.07 Å². The van der Waals surface area contributed by atoms with Gasteiger partial charge in [0.15, 0.2) is 0 Å². The summed E-state index contributed by atoms with van der Waals surface area (Å²) in [5, 5.41) is 2.06. The molecule has 2 heterocycles. The van der Waals surface area contributed by atoms with Crippen LogP contribution in [0.3, 0.4) is 0 Å². The standard InChI is InChI=1S/C9H9N3S/c10-9-11-4-3-7(12-9)6-8-2-1-5-13-8/h1-5H,6H2,(H2,10,11,12). The molecular formula is C9H9N3S. The van der Waals surface area contributed by atoms with Gasteiger partial charge >= 0.3 is 0 Å². The zero-order chi connectivity index (χ0) is 9.10. The summed E-state index contributed by atoms with van der Waals surface area (Å²) >= 11 is 1.72. The fourth-order valence-electron chi connectivity index (χ4n) is 1.10. The minimum Gasteiger partial charge on any atom is -0.368 e. The summed E-state index contributed by atoms with van der Waals surface area (Å²) in [5.74, 6) is 0.342. The third-order valence-corrected chi connectivity index (χ3v) is 2.54. The minimum atomic E-state index is 0.342. The van der Waals surface area contributed by atoms with E-state index in [2.05, 4.69) is 21.4 Å². The predicted molar refractivity (Wildman–Crippen MR) is 53.6 cm³/mol. The Kier molecular flexibility index (Phi) is 2.23. The van der Waals surface area contributed by atoms with Crippen LogP contribution in [0.5, 0.6) is 0 Å². The van der Waals surface area contributed by atoms with Crippen LogP contribution in [0.1, 0.15) is 10.6 Å². The molecule has 0 aromatic carbocycles. The van der Waals surface area contributed by atoms with E-state index in [9.17, 15) is 0 Å². The summed E-state index contributed by atoms with van der Waals surface area (Å²) in [6, 6.07) is 6.00. The second kappa shape index (κ2) is 3.53. The van der Waals surface area contributed by atoms with E-state index < -0.39 is 0 Å². The maximum Gasteiger partial charge on any atom is 0.220 e. The summed E-state index contributed by atoms with van der Waals surface area (Å²) < 4.78 is 0. The Morgan fingerprint density at radius 2 is 2.31 bits per heavy atom. The van der Waals surface area contributed by atoms with Gasteiger partial charge in [0.2, 0.25) is 5.95 Å². The molecule has 3 nitrogen and oxygen atoms in total. The Hall–Kier alpha value is -1.42. The molecule has 2 aromatic heterocycles. The number of nitrogen functional groups attached to an aromatic ring is 1. The van der Waals surface area contributed by atoms with E-state index in [4.69, 9.17) is 5.73 Å². The molecule has 0 aliphatic carbocycles. The minimum absolute atomic E-state index is 0.342. The fraction of sp³-hybridized carbons (Fsp3) is 0.111. The zero-order valence-electron chi connectivity index (χ0n) is 6.97. The first-order chi connectivity index (χ1) is 6.34. The number of thiophene rings is 1. The molecule has 2 N–H and O–H groups in total. The lowest BCUT2D eigenvalue weighted by atomic mass is 10.2. The van der Waals surface area contributed by atoms with E-state index in [1.54, 1.807) is 17.5 Å². The highest BCUT2D eigenvalue weighted by Gasteiger charge is 1.98. The van der Waals surface area contributed by atoms with Gasteiger partial charge in [0.05, 0.1) is 5.69 Å². The number of hydrogen-bond acceptors (Lipinski definition) is 4. The summed E-state index contributed by atoms with van der Waals surface area (Å²) in [6.07, 6.45) is 2.52. The molecule has 0 atom stereocenters. The molecular weight excluding hydrogens is 182 g/mol. The highest BCUT2D eigenvalue weighted by Crippen LogP contribution is 2.13. The topological polar surface area (TPSA) is 51.8 Å². The second-order valence-corrected chi connectivity index (χ2v) is 3.69. The molecule has 0 radical (unpaired) electrons. The van der Waals surface area contributed by atoms with E-state index in [1.807, 2.05) is 12.1 Å². The predicted octanol–water partition coefficient (Wildman–Crippen LogP) is 1.71. The van der Waals surface area contributed by atoms with Crippen LogP contribution in [-0.4, -0.2) is 9.97 Å². The lowest BCUT2D eigenvalue weighted by molar-refractivity contribution is 1.05. The lowest BCUT2D eigenvalue weighted by Crippen LogP contribution is -1.97. The first-order valence-electron chi connectivity index (χ1n) is 3.94. The molecule has 4 heteroatoms. The number of nitrogens with zero attached hydrogens (tertiary/aromatic N) is 2. The van der Waals surface area contributed by atoms with Crippen molar-refractivity contribution in [3.8, 4) is 0 Å². The van der Waals surface area contributed by atoms with Crippen LogP contribution in [0.4, 0.5) is 5.95 Å². The van der Waals surface area contributed by atoms with Crippen LogP contribution >= 0.6 is 11.3 Å². The van der Waals surface area contributed by atoms with E-state index in [-0.39, 0.29) is 0 Å². The summed E-state index contributed by atoms with van der Waals surface area (Å²) in [7, 11) is 0. The number of anilines is 1. The Balaban J connectivity index is 2.19. The van der Waals surface area contributed by atoms with Gasteiger partial charge in [-0.3, -0.25) is 0 Å². The van der Waals surface area contributed by atoms with Crippen molar-refractivity contribution in [2.24, 2.45) is 0 Å². The number of aromatic nitrogens is 2. The van der Waals surface area contributed by atoms with Crippen molar-refractivity contribution < 1.29 is 0 Å². The van der Waals surface area contributed by atoms with Gasteiger partial charge in [0.1, 0.15) is 0 Å². The maximum atomic E-state index is 5.47. The van der Waals surface area contributed by atoms with Crippen LogP contribution in [0, 0.1) is 0 Å². The monoisotopic (exact) mass is 191 g/mol. The molecule has 0 amide bonds. The van der Waals surface area contributed by atoms with Gasteiger partial charge in [0.25, 0.3) is 0 Å². The van der Waals surface area contributed by atoms with Crippen LogP contribution in [0.2, 0.25) is 0 Å². The van der Waals surface area contributed by atoms with Crippen molar-refractivity contribution in [1.29, 1.82) is 0 Å². The Morgan fingerprint density at radius 3 is 3.00 bits per heavy atom. The van der Waals surface area contributed by atoms with Crippen molar-refractivity contribution in [3.05, 3.63) is 40.3 Å². The third-order valence-electron chi connectivity index (χ3n) is 1.67. The van der Waals surface area contributed by atoms with E-state index in [1.165, 1.54) is 4.88 Å². The summed E-state index contributed by atoms with van der Waals surface area (Å²) in [5.41, 5.74) is 6.44. The van der Waals surface area contributed by atoms with Crippen LogP contribution in [-0.2, 0) is 6.42 Å². The number of hydrogen-bond donors (Lipinski definition) is 1. The SMILES string of the molecule is Nc1nccc(Cc2cccs2)n1. The third kappa shape index (κ3) is 2.03. The molecule has 0 saturated carbocycles. The fourth-order valence-corrected chi connectivity index (χ4v) is 1.82. The van der Waals surface area contributed by atoms with Crippen molar-refractivity contribution in [2.75, 3.05) is 5.73 Å². The first-order valence-corrected chi connectivity index (χ1v) is 4.82. The van der Waals surface area contributed by atoms with Crippen LogP contribution in [0.25, 0.3) is 0 Å². The quantitative estimate of drug-likeness (QED) is 0.786. The molecule has 2 aromatic rings. The second-order valence-electron chi connectivity index (χ2n) is 2.66. The van der Waals surface area contributed by atoms with Gasteiger partial charge in [-0.25, -0.2) is 9.97 Å². The molecule has 0 fully saturated rings. The Labute approximate surface area is 80.3 Å². The molecule has 0 saturated heterocycles. The van der Waals surface area contributed by atoms with Crippen molar-refractivity contribution in [3.63, 3.8) is 0 Å². The Morgan fingerprint density at radius 1 is 1.38 bits per heavy atom. The molecule has 0 aliphatic rings. The average molecular weight is 191 g/mol. The van der Waals surface area contributed by atoms with Crippen LogP contribution < -0.4 is 5.73 Å². The van der Waals surface area contributed by atoms with Crippen molar-refractivity contribution >= 4 is 17.3 Å². The van der Waals surface area contributed by atoms with Crippen molar-refractivity contribution in [1.82, 2.24) is 9.97 Å². The molecule has 2 rings (SSSR count). The van der Waals surface area contributed by atoms with E-state index in [0.29, 0.717) is 5.95 Å². The normalized spacial score (nSPS) is 10.2. The number of rotatable bonds is 2. The first kappa shape index (κ1) is 8.19. The van der Waals surface area contributed by atoms with Gasteiger partial charge in [0, 0.05) is 17.5 Å². The highest BCUT2D eigenvalue weighted by molar-refractivity contribution is 7.09. The number of nitrogens with two attached hydrogens (primary N) is 1. The average Bonchev–Trinajstić information content (AvgIpc) is 2.57. The molecule has 0 spiro atoms. The smallest absolute Gasteiger partial charge is 0.220 e. The van der Waals surface area contributed by atoms with Crippen LogP contribution in [0.15, 0.2) is 29.8 Å². The molecule has 13 heavy (non-hydrogen) atoms. The lowest BCUT2D eigenvalue weighted by Gasteiger charge is -1.97. The van der Waals surface area contributed by atoms with E-state index in [0.717, 1.165) is 12.1 Å². The zero-order valence-corrected chi connectivity index (χ0v) is 7.79.